The fourth-order valence-corrected chi connectivity index (χ4v) is 4.07. The molecule has 6 heteroatoms. The van der Waals surface area contributed by atoms with Crippen LogP contribution >= 0.6 is 0 Å². The van der Waals surface area contributed by atoms with Crippen molar-refractivity contribution in [2.45, 2.75) is 25.4 Å². The van der Waals surface area contributed by atoms with E-state index in [-0.39, 0.29) is 18.0 Å². The molecule has 1 fully saturated rings. The minimum absolute atomic E-state index is 0.0321. The quantitative estimate of drug-likeness (QED) is 0.824. The summed E-state index contributed by atoms with van der Waals surface area (Å²) in [6.45, 7) is 1.70. The number of nitrogens with one attached hydrogen (secondary N) is 1. The van der Waals surface area contributed by atoms with Gasteiger partial charge < -0.3 is 20.9 Å². The second kappa shape index (κ2) is 8.32. The minimum Gasteiger partial charge on any atom is -0.369 e. The molecule has 1 saturated heterocycles. The molecule has 156 valence electrons. The summed E-state index contributed by atoms with van der Waals surface area (Å²) in [5, 5.41) is 3.28. The Hall–Kier alpha value is -3.12. The van der Waals surface area contributed by atoms with Crippen molar-refractivity contribution in [2.75, 3.05) is 32.5 Å². The second-order valence-corrected chi connectivity index (χ2v) is 8.20. The largest absolute Gasteiger partial charge is 0.369 e. The van der Waals surface area contributed by atoms with Gasteiger partial charge in [-0.3, -0.25) is 9.59 Å². The lowest BCUT2D eigenvalue weighted by molar-refractivity contribution is -0.124. The van der Waals surface area contributed by atoms with Crippen LogP contribution in [0.4, 0.5) is 5.69 Å². The highest BCUT2D eigenvalue weighted by molar-refractivity contribution is 5.99. The lowest BCUT2D eigenvalue weighted by Gasteiger charge is -2.16. The molecule has 2 aliphatic heterocycles. The van der Waals surface area contributed by atoms with Crippen molar-refractivity contribution in [3.8, 4) is 11.1 Å². The summed E-state index contributed by atoms with van der Waals surface area (Å²) in [4.78, 5) is 28.6. The number of benzene rings is 2. The number of hydrogen-bond donors (Lipinski definition) is 2. The van der Waals surface area contributed by atoms with Crippen LogP contribution in [0.25, 0.3) is 17.2 Å². The van der Waals surface area contributed by atoms with Gasteiger partial charge in [-0.1, -0.05) is 18.2 Å². The molecule has 2 amide bonds. The molecule has 4 rings (SSSR count). The molecule has 6 nitrogen and oxygen atoms in total. The van der Waals surface area contributed by atoms with E-state index in [4.69, 9.17) is 5.73 Å². The summed E-state index contributed by atoms with van der Waals surface area (Å²) < 4.78 is 0. The highest BCUT2D eigenvalue weighted by Gasteiger charge is 2.21. The van der Waals surface area contributed by atoms with Gasteiger partial charge in [-0.2, -0.15) is 0 Å². The number of nitrogens with two attached hydrogens (primary N) is 1. The Morgan fingerprint density at radius 1 is 1.03 bits per heavy atom. The van der Waals surface area contributed by atoms with E-state index in [0.29, 0.717) is 12.0 Å². The SMILES string of the molecule is CN(C)C(=O)C1=Cc2cc(-c3ccc(C(=O)N4CCCC4)cc3)ccc2NC(N)C1. The van der Waals surface area contributed by atoms with Gasteiger partial charge in [0.2, 0.25) is 5.91 Å². The van der Waals surface area contributed by atoms with Crippen molar-refractivity contribution in [2.24, 2.45) is 5.73 Å². The number of nitrogens with zero attached hydrogens (tertiary/aromatic N) is 2. The summed E-state index contributed by atoms with van der Waals surface area (Å²) in [5.74, 6) is 0.0734. The lowest BCUT2D eigenvalue weighted by Crippen LogP contribution is -2.32. The smallest absolute Gasteiger partial charge is 0.253 e. The molecule has 3 N–H and O–H groups in total. The maximum atomic E-state index is 12.6. The summed E-state index contributed by atoms with van der Waals surface area (Å²) in [6, 6.07) is 13.8. The fourth-order valence-electron chi connectivity index (χ4n) is 4.07. The minimum atomic E-state index is -0.317. The Morgan fingerprint density at radius 2 is 1.70 bits per heavy atom. The third-order valence-electron chi connectivity index (χ3n) is 5.70. The number of hydrogen-bond acceptors (Lipinski definition) is 4. The maximum Gasteiger partial charge on any atom is 0.253 e. The number of likely N-dealkylation sites (N-methyl/N-ethyl adjacent to an activating group) is 1. The lowest BCUT2D eigenvalue weighted by atomic mass is 9.99. The molecule has 2 aliphatic rings. The standard InChI is InChI=1S/C24H28N4O2/c1-27(2)23(29)20-14-19-13-18(9-10-21(19)26-22(25)15-20)16-5-7-17(8-6-16)24(30)28-11-3-4-12-28/h5-10,13-14,22,26H,3-4,11-12,15,25H2,1-2H3. The van der Waals surface area contributed by atoms with Gasteiger partial charge in [0, 0.05) is 50.4 Å². The molecular weight excluding hydrogens is 376 g/mol. The monoisotopic (exact) mass is 404 g/mol. The Bertz CT molecular complexity index is 989. The third-order valence-corrected chi connectivity index (χ3v) is 5.70. The van der Waals surface area contributed by atoms with Crippen LogP contribution in [0.1, 0.15) is 35.2 Å². The van der Waals surface area contributed by atoms with Crippen molar-refractivity contribution < 1.29 is 9.59 Å². The third kappa shape index (κ3) is 4.09. The van der Waals surface area contributed by atoms with Crippen molar-refractivity contribution in [1.82, 2.24) is 9.80 Å². The van der Waals surface area contributed by atoms with E-state index in [9.17, 15) is 9.59 Å². The van der Waals surface area contributed by atoms with Gasteiger partial charge in [-0.15, -0.1) is 0 Å². The number of carbonyl (C=O) groups excluding carboxylic acids is 2. The van der Waals surface area contributed by atoms with Crippen LogP contribution in [0, 0.1) is 0 Å². The average Bonchev–Trinajstić information content (AvgIpc) is 3.22. The zero-order valence-electron chi connectivity index (χ0n) is 17.5. The number of fused-ring (bicyclic) bond motifs is 1. The second-order valence-electron chi connectivity index (χ2n) is 8.20. The van der Waals surface area contributed by atoms with E-state index in [1.807, 2.05) is 47.4 Å². The van der Waals surface area contributed by atoms with Gasteiger partial charge in [-0.25, -0.2) is 0 Å². The molecule has 0 bridgehead atoms. The predicted molar refractivity (Wildman–Crippen MR) is 120 cm³/mol. The molecular formula is C24H28N4O2. The highest BCUT2D eigenvalue weighted by Crippen LogP contribution is 2.31. The van der Waals surface area contributed by atoms with Crippen LogP contribution in [0.5, 0.6) is 0 Å². The molecule has 0 saturated carbocycles. The first-order valence-corrected chi connectivity index (χ1v) is 10.4. The van der Waals surface area contributed by atoms with Crippen LogP contribution in [0.15, 0.2) is 48.0 Å². The van der Waals surface area contributed by atoms with E-state index in [2.05, 4.69) is 11.4 Å². The molecule has 2 heterocycles. The molecule has 0 aromatic heterocycles. The fraction of sp³-hybridized carbons (Fsp3) is 0.333. The Balaban J connectivity index is 1.62. The van der Waals surface area contributed by atoms with E-state index in [1.165, 1.54) is 0 Å². The number of amides is 2. The van der Waals surface area contributed by atoms with E-state index >= 15 is 0 Å². The first kappa shape index (κ1) is 20.2. The summed E-state index contributed by atoms with van der Waals surface area (Å²) >= 11 is 0. The van der Waals surface area contributed by atoms with Crippen molar-refractivity contribution in [1.29, 1.82) is 0 Å². The molecule has 0 aliphatic carbocycles. The summed E-state index contributed by atoms with van der Waals surface area (Å²) in [6.07, 6.45) is 4.24. The first-order chi connectivity index (χ1) is 14.4. The van der Waals surface area contributed by atoms with Crippen LogP contribution < -0.4 is 11.1 Å². The number of anilines is 1. The topological polar surface area (TPSA) is 78.7 Å². The summed E-state index contributed by atoms with van der Waals surface area (Å²) in [7, 11) is 3.49. The number of carbonyl (C=O) groups is 2. The molecule has 2 aromatic carbocycles. The molecule has 1 atom stereocenters. The molecule has 1 unspecified atom stereocenters. The highest BCUT2D eigenvalue weighted by atomic mass is 16.2. The number of likely N-dealkylation sites (tertiary alicyclic amines) is 1. The van der Waals surface area contributed by atoms with Gasteiger partial charge in [-0.05, 0) is 59.9 Å². The van der Waals surface area contributed by atoms with Gasteiger partial charge in [0.25, 0.3) is 5.91 Å². The van der Waals surface area contributed by atoms with Gasteiger partial charge in [0.15, 0.2) is 0 Å². The van der Waals surface area contributed by atoms with Crippen LogP contribution in [0.2, 0.25) is 0 Å². The Kier molecular flexibility index (Phi) is 5.59. The van der Waals surface area contributed by atoms with Gasteiger partial charge in [0.05, 0.1) is 6.17 Å². The van der Waals surface area contributed by atoms with Crippen molar-refractivity contribution in [3.05, 3.63) is 59.2 Å². The Morgan fingerprint density at radius 3 is 2.37 bits per heavy atom. The molecule has 2 aromatic rings. The normalized spacial score (nSPS) is 18.2. The van der Waals surface area contributed by atoms with Crippen LogP contribution in [0.3, 0.4) is 0 Å². The molecule has 30 heavy (non-hydrogen) atoms. The van der Waals surface area contributed by atoms with E-state index < -0.39 is 0 Å². The van der Waals surface area contributed by atoms with Crippen LogP contribution in [-0.2, 0) is 4.79 Å². The zero-order valence-corrected chi connectivity index (χ0v) is 17.5. The zero-order chi connectivity index (χ0) is 21.3. The van der Waals surface area contributed by atoms with Crippen molar-refractivity contribution >= 4 is 23.6 Å². The Labute approximate surface area is 177 Å². The van der Waals surface area contributed by atoms with E-state index in [0.717, 1.165) is 53.9 Å². The molecule has 0 spiro atoms. The first-order valence-electron chi connectivity index (χ1n) is 10.4. The van der Waals surface area contributed by atoms with Gasteiger partial charge in [0.1, 0.15) is 0 Å². The number of rotatable bonds is 3. The summed E-state index contributed by atoms with van der Waals surface area (Å²) in [5.41, 5.74) is 11.5. The van der Waals surface area contributed by atoms with E-state index in [1.54, 1.807) is 19.0 Å². The van der Waals surface area contributed by atoms with Gasteiger partial charge >= 0.3 is 0 Å². The predicted octanol–water partition coefficient (Wildman–Crippen LogP) is 3.16. The average molecular weight is 405 g/mol. The van der Waals surface area contributed by atoms with Crippen LogP contribution in [-0.4, -0.2) is 55.0 Å². The molecule has 0 radical (unpaired) electrons. The maximum absolute atomic E-state index is 12.6. The van der Waals surface area contributed by atoms with Crippen molar-refractivity contribution in [3.63, 3.8) is 0 Å².